The van der Waals surface area contributed by atoms with Gasteiger partial charge >= 0.3 is 0 Å². The third kappa shape index (κ3) is 3.26. The van der Waals surface area contributed by atoms with Crippen LogP contribution in [0.1, 0.15) is 51.0 Å². The SMILES string of the molecule is O=c1ccc(-c2ccncc2)nn1C1CCC(NC2CCC2)CC1. The standard InChI is InChI=1S/C19H24N4O/c24-19-9-8-18(14-10-12-20-13-11-14)22-23(19)17-6-4-16(5-7-17)21-15-2-1-3-15/h8-13,15-17,21H,1-7H2. The number of hydrogen-bond donors (Lipinski definition) is 1. The summed E-state index contributed by atoms with van der Waals surface area (Å²) in [6.07, 6.45) is 11.9. The molecule has 2 aliphatic carbocycles. The van der Waals surface area contributed by atoms with Gasteiger partial charge in [-0.05, 0) is 56.7 Å². The van der Waals surface area contributed by atoms with Crippen LogP contribution in [0.15, 0.2) is 41.5 Å². The van der Waals surface area contributed by atoms with Crippen LogP contribution in [0.25, 0.3) is 11.3 Å². The molecule has 126 valence electrons. The minimum atomic E-state index is 0.00297. The summed E-state index contributed by atoms with van der Waals surface area (Å²) in [5.41, 5.74) is 1.84. The van der Waals surface area contributed by atoms with Gasteiger partial charge in [0.1, 0.15) is 0 Å². The van der Waals surface area contributed by atoms with E-state index in [1.807, 2.05) is 12.1 Å². The van der Waals surface area contributed by atoms with E-state index >= 15 is 0 Å². The fourth-order valence-electron chi connectivity index (χ4n) is 3.76. The smallest absolute Gasteiger partial charge is 0.267 e. The molecule has 5 nitrogen and oxygen atoms in total. The molecule has 0 atom stereocenters. The number of pyridine rings is 1. The first-order valence-corrected chi connectivity index (χ1v) is 9.06. The zero-order chi connectivity index (χ0) is 16.4. The number of rotatable bonds is 4. The van der Waals surface area contributed by atoms with E-state index in [1.165, 1.54) is 19.3 Å². The molecule has 1 N–H and O–H groups in total. The summed E-state index contributed by atoms with van der Waals surface area (Å²) < 4.78 is 1.70. The van der Waals surface area contributed by atoms with Gasteiger partial charge in [-0.3, -0.25) is 9.78 Å². The Kier molecular flexibility index (Phi) is 4.43. The Balaban J connectivity index is 1.47. The van der Waals surface area contributed by atoms with E-state index in [9.17, 15) is 4.79 Å². The van der Waals surface area contributed by atoms with Crippen LogP contribution in [0, 0.1) is 0 Å². The summed E-state index contributed by atoms with van der Waals surface area (Å²) in [5, 5.41) is 8.40. The van der Waals surface area contributed by atoms with Crippen molar-refractivity contribution in [1.82, 2.24) is 20.1 Å². The fourth-order valence-corrected chi connectivity index (χ4v) is 3.76. The average Bonchev–Trinajstić information content (AvgIpc) is 2.60. The number of nitrogens with one attached hydrogen (secondary N) is 1. The molecule has 2 aromatic rings. The Morgan fingerprint density at radius 2 is 1.62 bits per heavy atom. The second-order valence-electron chi connectivity index (χ2n) is 7.04. The van der Waals surface area contributed by atoms with Crippen molar-refractivity contribution in [3.8, 4) is 11.3 Å². The van der Waals surface area contributed by atoms with Gasteiger partial charge in [-0.1, -0.05) is 6.42 Å². The normalized spacial score (nSPS) is 24.5. The first-order chi connectivity index (χ1) is 11.8. The van der Waals surface area contributed by atoms with Crippen molar-refractivity contribution in [2.24, 2.45) is 0 Å². The molecule has 5 heteroatoms. The molecule has 24 heavy (non-hydrogen) atoms. The maximum Gasteiger partial charge on any atom is 0.267 e. The summed E-state index contributed by atoms with van der Waals surface area (Å²) in [7, 11) is 0. The molecule has 2 aromatic heterocycles. The lowest BCUT2D eigenvalue weighted by Crippen LogP contribution is -2.44. The van der Waals surface area contributed by atoms with E-state index in [-0.39, 0.29) is 11.6 Å². The molecule has 0 aliphatic heterocycles. The van der Waals surface area contributed by atoms with Gasteiger partial charge in [0.2, 0.25) is 0 Å². The highest BCUT2D eigenvalue weighted by atomic mass is 16.1. The van der Waals surface area contributed by atoms with Gasteiger partial charge in [0.05, 0.1) is 11.7 Å². The first-order valence-electron chi connectivity index (χ1n) is 9.06. The van der Waals surface area contributed by atoms with Crippen LogP contribution in [0.2, 0.25) is 0 Å². The van der Waals surface area contributed by atoms with Crippen LogP contribution in [-0.2, 0) is 0 Å². The van der Waals surface area contributed by atoms with Crippen molar-refractivity contribution in [2.75, 3.05) is 0 Å². The Bertz CT molecular complexity index is 731. The third-order valence-corrected chi connectivity index (χ3v) is 5.42. The van der Waals surface area contributed by atoms with Crippen molar-refractivity contribution in [1.29, 1.82) is 0 Å². The Hall–Kier alpha value is -2.01. The van der Waals surface area contributed by atoms with Crippen molar-refractivity contribution in [2.45, 2.75) is 63.1 Å². The van der Waals surface area contributed by atoms with Crippen LogP contribution in [0.5, 0.6) is 0 Å². The first kappa shape index (κ1) is 15.5. The van der Waals surface area contributed by atoms with Gasteiger partial charge < -0.3 is 5.32 Å². The summed E-state index contributed by atoms with van der Waals surface area (Å²) in [6, 6.07) is 8.87. The van der Waals surface area contributed by atoms with E-state index in [4.69, 9.17) is 0 Å². The predicted octanol–water partition coefficient (Wildman–Crippen LogP) is 2.93. The Labute approximate surface area is 142 Å². The van der Waals surface area contributed by atoms with Crippen molar-refractivity contribution < 1.29 is 0 Å². The molecule has 0 unspecified atom stereocenters. The van der Waals surface area contributed by atoms with Crippen LogP contribution in [0.3, 0.4) is 0 Å². The highest BCUT2D eigenvalue weighted by molar-refractivity contribution is 5.57. The number of aromatic nitrogens is 3. The van der Waals surface area contributed by atoms with E-state index in [0.717, 1.165) is 43.0 Å². The highest BCUT2D eigenvalue weighted by Gasteiger charge is 2.27. The summed E-state index contributed by atoms with van der Waals surface area (Å²) in [6.45, 7) is 0. The van der Waals surface area contributed by atoms with Crippen LogP contribution >= 0.6 is 0 Å². The summed E-state index contributed by atoms with van der Waals surface area (Å²) in [4.78, 5) is 16.3. The lowest BCUT2D eigenvalue weighted by atomic mass is 9.87. The van der Waals surface area contributed by atoms with Gasteiger partial charge in [0, 0.05) is 36.1 Å². The van der Waals surface area contributed by atoms with Crippen molar-refractivity contribution in [3.63, 3.8) is 0 Å². The van der Waals surface area contributed by atoms with Gasteiger partial charge in [-0.25, -0.2) is 4.68 Å². The quantitative estimate of drug-likeness (QED) is 0.939. The average molecular weight is 324 g/mol. The Morgan fingerprint density at radius 1 is 0.917 bits per heavy atom. The molecule has 0 saturated heterocycles. The third-order valence-electron chi connectivity index (χ3n) is 5.42. The molecule has 2 heterocycles. The fraction of sp³-hybridized carbons (Fsp3) is 0.526. The molecule has 0 bridgehead atoms. The Morgan fingerprint density at radius 3 is 2.29 bits per heavy atom. The zero-order valence-electron chi connectivity index (χ0n) is 13.9. The van der Waals surface area contributed by atoms with Gasteiger partial charge in [-0.2, -0.15) is 5.10 Å². The van der Waals surface area contributed by atoms with Crippen LogP contribution in [-0.4, -0.2) is 26.8 Å². The summed E-state index contributed by atoms with van der Waals surface area (Å²) >= 11 is 0. The molecule has 0 radical (unpaired) electrons. The van der Waals surface area contributed by atoms with E-state index in [1.54, 1.807) is 29.2 Å². The molecule has 0 amide bonds. The van der Waals surface area contributed by atoms with Crippen molar-refractivity contribution in [3.05, 3.63) is 47.0 Å². The second-order valence-corrected chi connectivity index (χ2v) is 7.04. The minimum Gasteiger partial charge on any atom is -0.311 e. The van der Waals surface area contributed by atoms with Crippen LogP contribution < -0.4 is 10.9 Å². The molecule has 2 aliphatic rings. The number of nitrogens with zero attached hydrogens (tertiary/aromatic N) is 3. The monoisotopic (exact) mass is 324 g/mol. The summed E-state index contributed by atoms with van der Waals surface area (Å²) in [5.74, 6) is 0. The molecule has 0 aromatic carbocycles. The molecule has 4 rings (SSSR count). The molecule has 0 spiro atoms. The minimum absolute atomic E-state index is 0.00297. The second kappa shape index (κ2) is 6.85. The van der Waals surface area contributed by atoms with E-state index < -0.39 is 0 Å². The predicted molar refractivity (Wildman–Crippen MR) is 93.8 cm³/mol. The molecule has 2 saturated carbocycles. The molecule has 2 fully saturated rings. The van der Waals surface area contributed by atoms with E-state index in [0.29, 0.717) is 6.04 Å². The van der Waals surface area contributed by atoms with E-state index in [2.05, 4.69) is 15.4 Å². The maximum atomic E-state index is 12.3. The topological polar surface area (TPSA) is 59.8 Å². The number of hydrogen-bond acceptors (Lipinski definition) is 4. The van der Waals surface area contributed by atoms with Crippen molar-refractivity contribution >= 4 is 0 Å². The van der Waals surface area contributed by atoms with Gasteiger partial charge in [-0.15, -0.1) is 0 Å². The molecular formula is C19H24N4O. The largest absolute Gasteiger partial charge is 0.311 e. The lowest BCUT2D eigenvalue weighted by molar-refractivity contribution is 0.226. The molecular weight excluding hydrogens is 300 g/mol. The lowest BCUT2D eigenvalue weighted by Gasteiger charge is -2.35. The maximum absolute atomic E-state index is 12.3. The van der Waals surface area contributed by atoms with Gasteiger partial charge in [0.15, 0.2) is 0 Å². The highest BCUT2D eigenvalue weighted by Crippen LogP contribution is 2.29. The van der Waals surface area contributed by atoms with Gasteiger partial charge in [0.25, 0.3) is 5.56 Å². The zero-order valence-corrected chi connectivity index (χ0v) is 13.9. The van der Waals surface area contributed by atoms with Crippen LogP contribution in [0.4, 0.5) is 0 Å².